The van der Waals surface area contributed by atoms with Gasteiger partial charge in [0.25, 0.3) is 0 Å². The van der Waals surface area contributed by atoms with E-state index in [0.717, 1.165) is 0 Å². The van der Waals surface area contributed by atoms with Crippen LogP contribution in [0.5, 0.6) is 0 Å². The summed E-state index contributed by atoms with van der Waals surface area (Å²) in [6.07, 6.45) is -1.000. The number of rotatable bonds is 6. The molecule has 0 heterocycles. The molecule has 0 aliphatic rings. The summed E-state index contributed by atoms with van der Waals surface area (Å²) in [5.74, 6) is -0.650. The maximum absolute atomic E-state index is 9.98. The van der Waals surface area contributed by atoms with E-state index in [1.807, 2.05) is 0 Å². The van der Waals surface area contributed by atoms with Gasteiger partial charge in [0.1, 0.15) is 0 Å². The Morgan fingerprint density at radius 2 is 2.27 bits per heavy atom. The molecule has 0 fully saturated rings. The Morgan fingerprint density at radius 3 is 2.73 bits per heavy atom. The topological polar surface area (TPSA) is 66.8 Å². The van der Waals surface area contributed by atoms with Gasteiger partial charge in [-0.1, -0.05) is 0 Å². The molecule has 11 heavy (non-hydrogen) atoms. The summed E-state index contributed by atoms with van der Waals surface area (Å²) >= 11 is 5.26. The van der Waals surface area contributed by atoms with Crippen LogP contribution in [0.2, 0.25) is 0 Å². The average molecular weight is 183 g/mol. The van der Waals surface area contributed by atoms with Crippen LogP contribution in [-0.2, 0) is 9.53 Å². The molecule has 0 amide bonds. The molecule has 0 aliphatic carbocycles. The van der Waals surface area contributed by atoms with Gasteiger partial charge in [0.05, 0.1) is 13.0 Å². The summed E-state index contributed by atoms with van der Waals surface area (Å²) < 4.78 is 4.70. The first-order chi connectivity index (χ1) is 5.16. The molecule has 1 unspecified atom stereocenters. The molecule has 4 nitrogen and oxygen atoms in total. The third kappa shape index (κ3) is 7.58. The van der Waals surface area contributed by atoms with Crippen molar-refractivity contribution in [1.82, 2.24) is 0 Å². The Morgan fingerprint density at radius 1 is 1.64 bits per heavy atom. The maximum Gasteiger partial charge on any atom is 0.303 e. The summed E-state index contributed by atoms with van der Waals surface area (Å²) in [6, 6.07) is 0. The Labute approximate surface area is 69.7 Å². The molecule has 0 aliphatic heterocycles. The van der Waals surface area contributed by atoms with E-state index in [1.54, 1.807) is 0 Å². The predicted octanol–water partition coefficient (Wildman–Crippen LogP) is 0.425. The van der Waals surface area contributed by atoms with Gasteiger partial charge in [-0.05, 0) is 0 Å². The summed E-state index contributed by atoms with van der Waals surface area (Å²) in [5, 5.41) is 17.1. The third-order valence-electron chi connectivity index (χ3n) is 0.993. The summed E-state index contributed by atoms with van der Waals surface area (Å²) in [6.45, 7) is 0.238. The highest BCUT2D eigenvalue weighted by molar-refractivity contribution is 6.17. The average Bonchev–Trinajstić information content (AvgIpc) is 1.97. The molecular formula is C6H11ClO4. The van der Waals surface area contributed by atoms with Crippen molar-refractivity contribution in [2.45, 2.75) is 19.1 Å². The van der Waals surface area contributed by atoms with Gasteiger partial charge >= 0.3 is 5.97 Å². The molecular weight excluding hydrogens is 172 g/mol. The number of carbonyl (C=O) groups is 1. The van der Waals surface area contributed by atoms with Crippen molar-refractivity contribution in [3.8, 4) is 0 Å². The van der Waals surface area contributed by atoms with Gasteiger partial charge < -0.3 is 14.9 Å². The van der Waals surface area contributed by atoms with Crippen LogP contribution >= 0.6 is 11.6 Å². The molecule has 0 rings (SSSR count). The molecule has 0 saturated carbocycles. The number of hydrogen-bond donors (Lipinski definition) is 2. The lowest BCUT2D eigenvalue weighted by molar-refractivity contribution is -0.142. The molecule has 0 radical (unpaired) electrons. The molecule has 0 spiro atoms. The van der Waals surface area contributed by atoms with Crippen LogP contribution < -0.4 is 0 Å². The lowest BCUT2D eigenvalue weighted by Gasteiger charge is -2.08. The Balaban J connectivity index is 3.22. The van der Waals surface area contributed by atoms with E-state index in [4.69, 9.17) is 26.6 Å². The number of aliphatic hydroxyl groups excluding tert-OH is 1. The van der Waals surface area contributed by atoms with Gasteiger partial charge in [-0.25, -0.2) is 0 Å². The Hall–Kier alpha value is -0.320. The number of halogens is 1. The second-order valence-electron chi connectivity index (χ2n) is 1.95. The zero-order valence-electron chi connectivity index (χ0n) is 5.99. The van der Waals surface area contributed by atoms with Crippen molar-refractivity contribution in [3.63, 3.8) is 0 Å². The number of aliphatic carboxylic acids is 1. The second kappa shape index (κ2) is 6.39. The zero-order valence-corrected chi connectivity index (χ0v) is 6.75. The molecule has 2 N–H and O–H groups in total. The van der Waals surface area contributed by atoms with E-state index in [1.165, 1.54) is 0 Å². The zero-order chi connectivity index (χ0) is 8.69. The molecule has 1 atom stereocenters. The molecule has 0 saturated heterocycles. The summed E-state index contributed by atoms with van der Waals surface area (Å²) in [4.78, 5) is 9.98. The third-order valence-corrected chi connectivity index (χ3v) is 1.15. The van der Waals surface area contributed by atoms with Crippen LogP contribution in [0.25, 0.3) is 0 Å². The fourth-order valence-electron chi connectivity index (χ4n) is 0.511. The normalized spacial score (nSPS) is 12.9. The highest BCUT2D eigenvalue weighted by atomic mass is 35.5. The van der Waals surface area contributed by atoms with E-state index in [0.29, 0.717) is 5.88 Å². The Kier molecular flexibility index (Phi) is 6.21. The van der Waals surface area contributed by atoms with Gasteiger partial charge in [-0.3, -0.25) is 4.79 Å². The smallest absolute Gasteiger partial charge is 0.303 e. The lowest BCUT2D eigenvalue weighted by atomic mass is 10.3. The van der Waals surface area contributed by atoms with Crippen LogP contribution in [0.4, 0.5) is 0 Å². The molecule has 0 bridgehead atoms. The van der Waals surface area contributed by atoms with Crippen LogP contribution in [0.3, 0.4) is 0 Å². The second-order valence-corrected chi connectivity index (χ2v) is 2.32. The van der Waals surface area contributed by atoms with Gasteiger partial charge in [0.15, 0.2) is 6.29 Å². The fourth-order valence-corrected chi connectivity index (χ4v) is 0.600. The molecule has 5 heteroatoms. The van der Waals surface area contributed by atoms with E-state index in [9.17, 15) is 4.79 Å². The molecule has 0 aromatic heterocycles. The number of alkyl halides is 1. The van der Waals surface area contributed by atoms with E-state index >= 15 is 0 Å². The minimum atomic E-state index is -1.01. The largest absolute Gasteiger partial charge is 0.481 e. The Bertz CT molecular complexity index is 117. The minimum absolute atomic E-state index is 0.0938. The minimum Gasteiger partial charge on any atom is -0.481 e. The number of aliphatic hydroxyl groups is 1. The summed E-state index contributed by atoms with van der Waals surface area (Å²) in [7, 11) is 0. The van der Waals surface area contributed by atoms with E-state index in [-0.39, 0.29) is 19.4 Å². The highest BCUT2D eigenvalue weighted by Gasteiger charge is 2.05. The van der Waals surface area contributed by atoms with E-state index in [2.05, 4.69) is 0 Å². The first-order valence-corrected chi connectivity index (χ1v) is 3.77. The quantitative estimate of drug-likeness (QED) is 0.462. The first-order valence-electron chi connectivity index (χ1n) is 3.24. The van der Waals surface area contributed by atoms with Crippen molar-refractivity contribution >= 4 is 17.6 Å². The molecule has 66 valence electrons. The number of carboxylic acid groups (broad SMARTS) is 1. The van der Waals surface area contributed by atoms with Crippen molar-refractivity contribution < 1.29 is 19.7 Å². The van der Waals surface area contributed by atoms with Crippen molar-refractivity contribution in [3.05, 3.63) is 0 Å². The van der Waals surface area contributed by atoms with E-state index < -0.39 is 12.3 Å². The predicted molar refractivity (Wildman–Crippen MR) is 39.5 cm³/mol. The molecule has 0 aromatic rings. The number of carboxylic acids is 1. The van der Waals surface area contributed by atoms with Gasteiger partial charge in [-0.15, -0.1) is 11.6 Å². The molecule has 0 aromatic carbocycles. The van der Waals surface area contributed by atoms with Gasteiger partial charge in [0, 0.05) is 12.3 Å². The van der Waals surface area contributed by atoms with Crippen LogP contribution in [0.15, 0.2) is 0 Å². The van der Waals surface area contributed by atoms with Crippen LogP contribution in [0.1, 0.15) is 12.8 Å². The first kappa shape index (κ1) is 10.7. The van der Waals surface area contributed by atoms with Crippen molar-refractivity contribution in [2.75, 3.05) is 12.5 Å². The number of ether oxygens (including phenoxy) is 1. The maximum atomic E-state index is 9.98. The SMILES string of the molecule is O=C(O)CCC(O)OCCCl. The van der Waals surface area contributed by atoms with Crippen LogP contribution in [0, 0.1) is 0 Å². The van der Waals surface area contributed by atoms with Gasteiger partial charge in [-0.2, -0.15) is 0 Å². The fraction of sp³-hybridized carbons (Fsp3) is 0.833. The van der Waals surface area contributed by atoms with Crippen molar-refractivity contribution in [2.24, 2.45) is 0 Å². The lowest BCUT2D eigenvalue weighted by Crippen LogP contribution is -2.14. The van der Waals surface area contributed by atoms with Crippen molar-refractivity contribution in [1.29, 1.82) is 0 Å². The monoisotopic (exact) mass is 182 g/mol. The van der Waals surface area contributed by atoms with Gasteiger partial charge in [0.2, 0.25) is 0 Å². The van der Waals surface area contributed by atoms with Crippen LogP contribution in [-0.4, -0.2) is 35.0 Å². The number of hydrogen-bond acceptors (Lipinski definition) is 3. The standard InChI is InChI=1S/C6H11ClO4/c7-3-4-11-6(10)2-1-5(8)9/h6,10H,1-4H2,(H,8,9). The highest BCUT2D eigenvalue weighted by Crippen LogP contribution is 1.98. The summed E-state index contributed by atoms with van der Waals surface area (Å²) in [5.41, 5.74) is 0.